The van der Waals surface area contributed by atoms with Crippen LogP contribution < -0.4 is 0 Å². The lowest BCUT2D eigenvalue weighted by atomic mass is 10.3. The molecule has 1 spiro atoms. The lowest BCUT2D eigenvalue weighted by Crippen LogP contribution is -2.51. The summed E-state index contributed by atoms with van der Waals surface area (Å²) in [6, 6.07) is 0. The zero-order valence-corrected chi connectivity index (χ0v) is 14.7. The first-order valence-electron chi connectivity index (χ1n) is 6.65. The molecular weight excluding hydrogens is 247 g/mol. The van der Waals surface area contributed by atoms with Gasteiger partial charge in [-0.25, -0.2) is 0 Å². The molecule has 0 bridgehead atoms. The Morgan fingerprint density at radius 3 is 1.75 bits per heavy atom. The maximum absolute atomic E-state index is 6.31. The number of rotatable bonds is 3. The van der Waals surface area contributed by atoms with Crippen LogP contribution in [0.15, 0.2) is 0 Å². The molecule has 1 heterocycles. The van der Waals surface area contributed by atoms with Crippen LogP contribution in [-0.4, -0.2) is 26.4 Å². The third-order valence-corrected chi connectivity index (χ3v) is 20.6. The van der Waals surface area contributed by atoms with Crippen molar-refractivity contribution in [3.05, 3.63) is 0 Å². The van der Waals surface area contributed by atoms with Crippen molar-refractivity contribution in [3.8, 4) is 0 Å². The highest BCUT2D eigenvalue weighted by molar-refractivity contribution is 7.67. The van der Waals surface area contributed by atoms with Crippen molar-refractivity contribution < 1.29 is 4.52 Å². The Kier molecular flexibility index (Phi) is 3.24. The maximum Gasteiger partial charge on any atom is 0.116 e. The van der Waals surface area contributed by atoms with Gasteiger partial charge in [-0.15, -0.1) is 0 Å². The number of hydrogen-bond donors (Lipinski definition) is 0. The molecule has 0 unspecified atom stereocenters. The minimum Gasteiger partial charge on any atom is -0.343 e. The molecule has 0 radical (unpaired) electrons. The fraction of sp³-hybridized carbons (Fsp3) is 1.00. The molecule has 94 valence electrons. The lowest BCUT2D eigenvalue weighted by molar-refractivity contribution is 0.325. The maximum atomic E-state index is 6.31. The van der Waals surface area contributed by atoms with E-state index in [0.717, 1.165) is 4.91 Å². The number of hydrogen-bond acceptors (Lipinski definition) is 1. The van der Waals surface area contributed by atoms with Crippen LogP contribution in [0.25, 0.3) is 0 Å². The van der Waals surface area contributed by atoms with Crippen molar-refractivity contribution in [2.75, 3.05) is 0 Å². The van der Waals surface area contributed by atoms with E-state index in [1.807, 2.05) is 0 Å². The predicted molar refractivity (Wildman–Crippen MR) is 79.7 cm³/mol. The summed E-state index contributed by atoms with van der Waals surface area (Å²) in [4.78, 5) is 1.01. The second kappa shape index (κ2) is 3.91. The predicted octanol–water partition coefficient (Wildman–Crippen LogP) is 4.81. The topological polar surface area (TPSA) is 12.5 Å². The largest absolute Gasteiger partial charge is 0.343 e. The molecule has 2 aliphatic rings. The molecule has 1 nitrogen and oxygen atoms in total. The summed E-state index contributed by atoms with van der Waals surface area (Å²) in [7, 11) is -2.15. The van der Waals surface area contributed by atoms with Gasteiger partial charge < -0.3 is 4.52 Å². The summed E-state index contributed by atoms with van der Waals surface area (Å²) in [6.45, 7) is 15.3. The molecule has 2 rings (SSSR count). The average Bonchev–Trinajstić information content (AvgIpc) is 2.54. The zero-order valence-electron chi connectivity index (χ0n) is 11.8. The van der Waals surface area contributed by atoms with Crippen molar-refractivity contribution in [1.82, 2.24) is 0 Å². The van der Waals surface area contributed by atoms with Crippen LogP contribution in [0.4, 0.5) is 0 Å². The molecule has 2 fully saturated rings. The quantitative estimate of drug-likeness (QED) is 0.409. The van der Waals surface area contributed by atoms with Crippen molar-refractivity contribution in [1.29, 1.82) is 0 Å². The highest BCUT2D eigenvalue weighted by Gasteiger charge is 2.65. The van der Waals surface area contributed by atoms with E-state index >= 15 is 0 Å². The Balaban J connectivity index is 2.17. The van der Waals surface area contributed by atoms with Gasteiger partial charge in [0, 0.05) is 0 Å². The minimum absolute atomic E-state index is 0.0520. The van der Waals surface area contributed by atoms with E-state index in [1.165, 1.54) is 25.7 Å². The standard InChI is InChI=1S/C12H27OPSi2/c1-15(2,3)11(16(4,5)6)14-12(13-14)9-7-8-10-12/h11H,7-10H2,1-6H3/t14-/m0/s1. The van der Waals surface area contributed by atoms with Crippen molar-refractivity contribution >= 4 is 24.3 Å². The second-order valence-electron chi connectivity index (χ2n) is 7.70. The fourth-order valence-corrected chi connectivity index (χ4v) is 23.4. The summed E-state index contributed by atoms with van der Waals surface area (Å²) < 4.78 is 6.31. The molecule has 0 N–H and O–H groups in total. The monoisotopic (exact) mass is 274 g/mol. The molecule has 1 aliphatic heterocycles. The molecule has 0 aromatic carbocycles. The Morgan fingerprint density at radius 2 is 1.38 bits per heavy atom. The van der Waals surface area contributed by atoms with Crippen LogP contribution in [-0.2, 0) is 4.52 Å². The van der Waals surface area contributed by atoms with E-state index in [4.69, 9.17) is 4.52 Å². The SMILES string of the molecule is C[Si](C)(C)C([P@]1OC12CCCC2)[Si](C)(C)C. The third-order valence-electron chi connectivity index (χ3n) is 3.90. The van der Waals surface area contributed by atoms with E-state index in [2.05, 4.69) is 39.3 Å². The fourth-order valence-electron chi connectivity index (χ4n) is 3.69. The second-order valence-corrected chi connectivity index (χ2v) is 22.0. The summed E-state index contributed by atoms with van der Waals surface area (Å²) in [5, 5.41) is 0.431. The summed E-state index contributed by atoms with van der Waals surface area (Å²) >= 11 is 0. The van der Waals surface area contributed by atoms with Gasteiger partial charge in [-0.05, 0) is 30.6 Å². The molecule has 16 heavy (non-hydrogen) atoms. The molecule has 0 aromatic rings. The first-order valence-corrected chi connectivity index (χ1v) is 15.1. The highest BCUT2D eigenvalue weighted by Crippen LogP contribution is 2.80. The minimum atomic E-state index is -1.05. The zero-order chi connectivity index (χ0) is 12.2. The van der Waals surface area contributed by atoms with Crippen LogP contribution in [0, 0.1) is 0 Å². The van der Waals surface area contributed by atoms with Crippen molar-refractivity contribution in [2.45, 2.75) is 75.2 Å². The van der Waals surface area contributed by atoms with Crippen LogP contribution >= 0.6 is 8.15 Å². The van der Waals surface area contributed by atoms with E-state index in [1.54, 1.807) is 0 Å². The summed E-state index contributed by atoms with van der Waals surface area (Å²) in [6.07, 6.45) is 5.60. The molecule has 0 amide bonds. The van der Waals surface area contributed by atoms with Gasteiger partial charge in [-0.2, -0.15) is 0 Å². The average molecular weight is 274 g/mol. The Hall–Kier alpha value is 0.824. The van der Waals surface area contributed by atoms with Gasteiger partial charge >= 0.3 is 0 Å². The van der Waals surface area contributed by atoms with Gasteiger partial charge in [0.05, 0.1) is 24.3 Å². The first kappa shape index (κ1) is 13.3. The van der Waals surface area contributed by atoms with Gasteiger partial charge in [0.15, 0.2) is 0 Å². The van der Waals surface area contributed by atoms with Crippen LogP contribution in [0.3, 0.4) is 0 Å². The Labute approximate surface area is 104 Å². The third kappa shape index (κ3) is 2.34. The van der Waals surface area contributed by atoms with Gasteiger partial charge in [-0.3, -0.25) is 0 Å². The smallest absolute Gasteiger partial charge is 0.116 e. The molecular formula is C12H27OPSi2. The van der Waals surface area contributed by atoms with E-state index in [0.29, 0.717) is 5.34 Å². The van der Waals surface area contributed by atoms with Gasteiger partial charge in [0.1, 0.15) is 5.34 Å². The molecule has 1 aliphatic carbocycles. The highest BCUT2D eigenvalue weighted by atomic mass is 31.2. The van der Waals surface area contributed by atoms with Crippen molar-refractivity contribution in [3.63, 3.8) is 0 Å². The van der Waals surface area contributed by atoms with Crippen molar-refractivity contribution in [2.24, 2.45) is 0 Å². The Bertz CT molecular complexity index is 260. The normalized spacial score (nSPS) is 29.1. The van der Waals surface area contributed by atoms with Gasteiger partial charge in [0.2, 0.25) is 0 Å². The molecule has 1 atom stereocenters. The molecule has 1 saturated heterocycles. The van der Waals surface area contributed by atoms with Crippen LogP contribution in [0.2, 0.25) is 39.3 Å². The van der Waals surface area contributed by atoms with E-state index < -0.39 is 16.1 Å². The Morgan fingerprint density at radius 1 is 0.938 bits per heavy atom. The first-order chi connectivity index (χ1) is 7.17. The molecule has 0 aromatic heterocycles. The summed E-state index contributed by atoms with van der Waals surface area (Å²) in [5.74, 6) is 0. The van der Waals surface area contributed by atoms with Gasteiger partial charge in [0.25, 0.3) is 0 Å². The molecule has 4 heteroatoms. The van der Waals surface area contributed by atoms with E-state index in [-0.39, 0.29) is 8.15 Å². The van der Waals surface area contributed by atoms with Gasteiger partial charge in [-0.1, -0.05) is 39.3 Å². The summed E-state index contributed by atoms with van der Waals surface area (Å²) in [5.41, 5.74) is 0. The van der Waals surface area contributed by atoms with E-state index in [9.17, 15) is 0 Å². The molecule has 1 saturated carbocycles. The van der Waals surface area contributed by atoms with Crippen LogP contribution in [0.1, 0.15) is 25.7 Å². The lowest BCUT2D eigenvalue weighted by Gasteiger charge is -2.37. The van der Waals surface area contributed by atoms with Crippen LogP contribution in [0.5, 0.6) is 0 Å².